The highest BCUT2D eigenvalue weighted by atomic mass is 19.4. The van der Waals surface area contributed by atoms with E-state index in [-0.39, 0.29) is 0 Å². The zero-order valence-electron chi connectivity index (χ0n) is 15.8. The second-order valence-electron chi connectivity index (χ2n) is 7.44. The molecule has 3 heterocycles. The molecule has 2 aromatic rings. The molecule has 0 aliphatic carbocycles. The van der Waals surface area contributed by atoms with Crippen LogP contribution in [0.5, 0.6) is 0 Å². The van der Waals surface area contributed by atoms with Crippen molar-refractivity contribution in [1.82, 2.24) is 0 Å². The Morgan fingerprint density at radius 2 is 1.83 bits per heavy atom. The van der Waals surface area contributed by atoms with Crippen molar-refractivity contribution in [2.24, 2.45) is 0 Å². The van der Waals surface area contributed by atoms with Crippen molar-refractivity contribution in [3.63, 3.8) is 0 Å². The quantitative estimate of drug-likeness (QED) is 0.765. The van der Waals surface area contributed by atoms with Crippen LogP contribution in [0.25, 0.3) is 0 Å². The number of nitrogens with zero attached hydrogens (tertiary/aromatic N) is 2. The first-order chi connectivity index (χ1) is 13.7. The molecular weight excluding hydrogens is 385 g/mol. The number of fused-ring (bicyclic) bond motifs is 1. The minimum Gasteiger partial charge on any atom is -0.311 e. The molecule has 152 valence electrons. The van der Waals surface area contributed by atoms with Gasteiger partial charge < -0.3 is 4.90 Å². The molecule has 6 nitrogen and oxygen atoms in total. The number of benzene rings is 1. The number of rotatable bonds is 3. The third kappa shape index (κ3) is 3.69. The molecule has 29 heavy (non-hydrogen) atoms. The van der Waals surface area contributed by atoms with Crippen molar-refractivity contribution < 1.29 is 32.6 Å². The van der Waals surface area contributed by atoms with Gasteiger partial charge >= 0.3 is 12.1 Å². The van der Waals surface area contributed by atoms with Crippen LogP contribution in [-0.2, 0) is 11.0 Å². The van der Waals surface area contributed by atoms with Crippen molar-refractivity contribution >= 4 is 23.2 Å². The topological polar surface area (TPSA) is 59.2 Å². The fourth-order valence-corrected chi connectivity index (χ4v) is 3.81. The number of hydrogen-bond donors (Lipinski definition) is 1. The van der Waals surface area contributed by atoms with Crippen LogP contribution in [0.3, 0.4) is 0 Å². The van der Waals surface area contributed by atoms with Gasteiger partial charge in [-0.25, -0.2) is 4.98 Å². The number of carbonyl (C=O) groups excluding carboxylic acids is 2. The molecule has 0 spiro atoms. The molecule has 4 rings (SSSR count). The van der Waals surface area contributed by atoms with Gasteiger partial charge in [-0.15, -0.1) is 0 Å². The molecule has 2 aliphatic rings. The zero-order chi connectivity index (χ0) is 20.8. The van der Waals surface area contributed by atoms with Crippen LogP contribution < -0.4 is 19.7 Å². The number of H-pyrrole nitrogens is 1. The Hall–Kier alpha value is -2.94. The second kappa shape index (κ2) is 7.14. The Labute approximate surface area is 165 Å². The molecular formula is C20H21F3N4O2+2. The van der Waals surface area contributed by atoms with E-state index in [9.17, 15) is 22.8 Å². The number of ketones is 1. The number of piperazine rings is 1. The average Bonchev–Trinajstić information content (AvgIpc) is 2.92. The van der Waals surface area contributed by atoms with Gasteiger partial charge in [0.2, 0.25) is 0 Å². The molecule has 1 fully saturated rings. The van der Waals surface area contributed by atoms with E-state index < -0.39 is 23.4 Å². The van der Waals surface area contributed by atoms with Crippen molar-refractivity contribution in [3.05, 3.63) is 53.2 Å². The second-order valence-corrected chi connectivity index (χ2v) is 7.44. The Bertz CT molecular complexity index is 951. The molecule has 0 unspecified atom stereocenters. The fraction of sp³-hybridized carbons (Fsp3) is 0.350. The number of aryl methyl sites for hydroxylation is 1. The number of quaternary nitrogens is 1. The number of pyridine rings is 1. The van der Waals surface area contributed by atoms with Crippen molar-refractivity contribution in [3.8, 4) is 0 Å². The largest absolute Gasteiger partial charge is 0.419 e. The van der Waals surface area contributed by atoms with Gasteiger partial charge in [0.25, 0.3) is 11.6 Å². The number of anilines is 2. The summed E-state index contributed by atoms with van der Waals surface area (Å²) in [5.74, 6) is -0.344. The summed E-state index contributed by atoms with van der Waals surface area (Å²) in [5, 5.41) is 0. The molecule has 0 atom stereocenters. The molecule has 0 saturated carbocycles. The van der Waals surface area contributed by atoms with E-state index in [1.165, 1.54) is 11.0 Å². The van der Waals surface area contributed by atoms with Crippen LogP contribution in [0.4, 0.5) is 24.7 Å². The lowest BCUT2D eigenvalue weighted by Crippen LogP contribution is -3.16. The van der Waals surface area contributed by atoms with Crippen molar-refractivity contribution in [1.29, 1.82) is 0 Å². The molecule has 1 saturated heterocycles. The first-order valence-corrected chi connectivity index (χ1v) is 9.38. The number of alkyl halides is 3. The van der Waals surface area contributed by atoms with Crippen molar-refractivity contribution in [2.45, 2.75) is 13.1 Å². The third-order valence-corrected chi connectivity index (χ3v) is 5.44. The third-order valence-electron chi connectivity index (χ3n) is 5.44. The van der Waals surface area contributed by atoms with E-state index in [0.717, 1.165) is 22.7 Å². The Kier molecular flexibility index (Phi) is 4.77. The molecule has 2 N–H and O–H groups in total. The number of amides is 1. The number of carbonyl (C=O) groups is 2. The van der Waals surface area contributed by atoms with E-state index in [1.807, 2.05) is 17.9 Å². The summed E-state index contributed by atoms with van der Waals surface area (Å²) < 4.78 is 38.1. The smallest absolute Gasteiger partial charge is 0.311 e. The number of halogens is 3. The normalized spacial score (nSPS) is 17.8. The zero-order valence-corrected chi connectivity index (χ0v) is 15.8. The Balaban J connectivity index is 1.40. The lowest BCUT2D eigenvalue weighted by molar-refractivity contribution is -0.899. The maximum atomic E-state index is 12.7. The van der Waals surface area contributed by atoms with E-state index in [4.69, 9.17) is 0 Å². The van der Waals surface area contributed by atoms with Gasteiger partial charge in [-0.05, 0) is 25.1 Å². The molecule has 1 aromatic carbocycles. The summed E-state index contributed by atoms with van der Waals surface area (Å²) in [6, 6.07) is 7.93. The molecule has 2 aliphatic heterocycles. The van der Waals surface area contributed by atoms with Crippen LogP contribution in [0, 0.1) is 6.92 Å². The highest BCUT2D eigenvalue weighted by Crippen LogP contribution is 2.29. The van der Waals surface area contributed by atoms with Crippen LogP contribution >= 0.6 is 0 Å². The molecule has 1 amide bonds. The number of Topliss-reactive ketones (excluding diaryl/α,β-unsaturated/α-hetero) is 1. The molecule has 0 bridgehead atoms. The van der Waals surface area contributed by atoms with E-state index in [1.54, 1.807) is 12.1 Å². The van der Waals surface area contributed by atoms with Crippen LogP contribution in [0.15, 0.2) is 36.5 Å². The number of aromatic amines is 1. The summed E-state index contributed by atoms with van der Waals surface area (Å²) in [6.07, 6.45) is -3.39. The van der Waals surface area contributed by atoms with Gasteiger partial charge in [-0.3, -0.25) is 19.4 Å². The number of hydrogen-bond acceptors (Lipinski definition) is 3. The van der Waals surface area contributed by atoms with Crippen molar-refractivity contribution in [2.75, 3.05) is 42.6 Å². The van der Waals surface area contributed by atoms with Gasteiger partial charge in [0.15, 0.2) is 6.67 Å². The molecule has 0 radical (unpaired) electrons. The number of aromatic nitrogens is 1. The molecule has 9 heteroatoms. The highest BCUT2D eigenvalue weighted by Gasteiger charge is 2.39. The van der Waals surface area contributed by atoms with Gasteiger partial charge in [-0.2, -0.15) is 13.2 Å². The Morgan fingerprint density at radius 1 is 1.10 bits per heavy atom. The lowest BCUT2D eigenvalue weighted by atomic mass is 10.1. The highest BCUT2D eigenvalue weighted by molar-refractivity contribution is 6.52. The van der Waals surface area contributed by atoms with E-state index in [2.05, 4.69) is 4.98 Å². The van der Waals surface area contributed by atoms with Crippen LogP contribution in [0.2, 0.25) is 0 Å². The average molecular weight is 406 g/mol. The monoisotopic (exact) mass is 406 g/mol. The first kappa shape index (κ1) is 19.4. The van der Waals surface area contributed by atoms with Gasteiger partial charge in [0.1, 0.15) is 32.4 Å². The van der Waals surface area contributed by atoms with Crippen LogP contribution in [0.1, 0.15) is 21.5 Å². The SMILES string of the molecule is Cc1ccc2c(c1)C(=O)C(=O)N2C[NH+]1CCN(c2ccc(C(F)(F)F)c[nH+]2)CC1. The minimum atomic E-state index is -4.37. The van der Waals surface area contributed by atoms with E-state index >= 15 is 0 Å². The lowest BCUT2D eigenvalue weighted by Gasteiger charge is -2.30. The summed E-state index contributed by atoms with van der Waals surface area (Å²) in [4.78, 5) is 32.0. The van der Waals surface area contributed by atoms with Crippen LogP contribution in [-0.4, -0.2) is 44.5 Å². The van der Waals surface area contributed by atoms with Gasteiger partial charge in [-0.1, -0.05) is 11.6 Å². The molecule has 1 aromatic heterocycles. The predicted molar refractivity (Wildman–Crippen MR) is 98.8 cm³/mol. The maximum Gasteiger partial charge on any atom is 0.419 e. The summed E-state index contributed by atoms with van der Waals surface area (Å²) in [5.41, 5.74) is 1.32. The maximum absolute atomic E-state index is 12.7. The fourth-order valence-electron chi connectivity index (χ4n) is 3.81. The summed E-state index contributed by atoms with van der Waals surface area (Å²) >= 11 is 0. The standard InChI is InChI=1S/C20H19F3N4O2/c1-13-2-4-16-15(10-13)18(28)19(29)27(16)12-25-6-8-26(9-7-25)17-5-3-14(11-24-17)20(21,22)23/h2-5,10-11H,6-9,12H2,1H3/p+2. The minimum absolute atomic E-state index is 0.394. The predicted octanol–water partition coefficient (Wildman–Crippen LogP) is 0.720. The Morgan fingerprint density at radius 3 is 2.45 bits per heavy atom. The van der Waals surface area contributed by atoms with Gasteiger partial charge in [0.05, 0.1) is 16.8 Å². The summed E-state index contributed by atoms with van der Waals surface area (Å²) in [7, 11) is 0. The van der Waals surface area contributed by atoms with Gasteiger partial charge in [0, 0.05) is 6.07 Å². The first-order valence-electron chi connectivity index (χ1n) is 9.38. The number of nitrogens with one attached hydrogen (secondary N) is 2. The summed E-state index contributed by atoms with van der Waals surface area (Å²) in [6.45, 7) is 4.94. The van der Waals surface area contributed by atoms with E-state index in [0.29, 0.717) is 49.9 Å².